The third-order valence-electron chi connectivity index (χ3n) is 7.42. The number of rotatable bonds is 5. The molecule has 0 radical (unpaired) electrons. The Hall–Kier alpha value is -3.10. The van der Waals surface area contributed by atoms with Gasteiger partial charge in [-0.25, -0.2) is 4.98 Å². The molecule has 0 bridgehead atoms. The summed E-state index contributed by atoms with van der Waals surface area (Å²) in [5, 5.41) is 19.4. The summed E-state index contributed by atoms with van der Waals surface area (Å²) in [6.45, 7) is 2.64. The largest absolute Gasteiger partial charge is 0.396 e. The zero-order valence-electron chi connectivity index (χ0n) is 18.8. The van der Waals surface area contributed by atoms with E-state index >= 15 is 0 Å². The van der Waals surface area contributed by atoms with Crippen LogP contribution < -0.4 is 4.90 Å². The fraction of sp³-hybridized carbons (Fsp3) is 0.600. The third-order valence-corrected chi connectivity index (χ3v) is 7.42. The molecule has 3 heterocycles. The quantitative estimate of drug-likeness (QED) is 0.680. The molecule has 2 amide bonds. The molecule has 3 fully saturated rings. The van der Waals surface area contributed by atoms with E-state index in [9.17, 15) is 20.0 Å². The van der Waals surface area contributed by atoms with E-state index in [1.165, 1.54) is 0 Å². The summed E-state index contributed by atoms with van der Waals surface area (Å²) >= 11 is 0. The Balaban J connectivity index is 1.49. The van der Waals surface area contributed by atoms with E-state index in [1.54, 1.807) is 4.90 Å². The summed E-state index contributed by atoms with van der Waals surface area (Å²) in [5.74, 6) is 3.48. The van der Waals surface area contributed by atoms with Crippen molar-refractivity contribution in [3.8, 4) is 18.4 Å². The number of nitrogens with zero attached hydrogens (tertiary/aromatic N) is 5. The Kier molecular flexibility index (Phi) is 5.72. The minimum Gasteiger partial charge on any atom is -0.396 e. The number of carbonyl (C=O) groups is 2. The van der Waals surface area contributed by atoms with Crippen molar-refractivity contribution in [2.24, 2.45) is 5.92 Å². The Morgan fingerprint density at radius 1 is 1.15 bits per heavy atom. The molecule has 1 aromatic rings. The number of fused-ring (bicyclic) bond motifs is 1. The van der Waals surface area contributed by atoms with Crippen LogP contribution in [-0.4, -0.2) is 70.5 Å². The van der Waals surface area contributed by atoms with Gasteiger partial charge < -0.3 is 19.8 Å². The van der Waals surface area contributed by atoms with Crippen molar-refractivity contribution in [1.82, 2.24) is 14.8 Å². The molecule has 4 aliphatic rings. The number of pyridine rings is 1. The van der Waals surface area contributed by atoms with Gasteiger partial charge in [0, 0.05) is 45.1 Å². The number of aliphatic hydroxyl groups is 1. The minimum absolute atomic E-state index is 0.00454. The van der Waals surface area contributed by atoms with E-state index < -0.39 is 0 Å². The number of aromatic nitrogens is 1. The second-order valence-electron chi connectivity index (χ2n) is 9.57. The van der Waals surface area contributed by atoms with Gasteiger partial charge in [-0.15, -0.1) is 6.42 Å². The van der Waals surface area contributed by atoms with E-state index in [1.807, 2.05) is 4.90 Å². The molecule has 0 aromatic carbocycles. The Morgan fingerprint density at radius 3 is 2.58 bits per heavy atom. The maximum atomic E-state index is 12.6. The number of hydrogen-bond donors (Lipinski definition) is 1. The summed E-state index contributed by atoms with van der Waals surface area (Å²) in [7, 11) is 0. The first-order valence-electron chi connectivity index (χ1n) is 11.9. The molecule has 172 valence electrons. The molecule has 8 heteroatoms. The predicted molar refractivity (Wildman–Crippen MR) is 121 cm³/mol. The first kappa shape index (κ1) is 21.7. The molecule has 2 aliphatic heterocycles. The average Bonchev–Trinajstić information content (AvgIpc) is 3.75. The molecular weight excluding hydrogens is 418 g/mol. The normalized spacial score (nSPS) is 22.4. The van der Waals surface area contributed by atoms with Gasteiger partial charge in [-0.1, -0.05) is 0 Å². The van der Waals surface area contributed by atoms with Crippen LogP contribution >= 0.6 is 0 Å². The maximum absolute atomic E-state index is 12.6. The van der Waals surface area contributed by atoms with Crippen LogP contribution in [0.1, 0.15) is 60.4 Å². The van der Waals surface area contributed by atoms with Crippen LogP contribution in [0, 0.1) is 29.6 Å². The van der Waals surface area contributed by atoms with Gasteiger partial charge in [0.1, 0.15) is 11.9 Å². The fourth-order valence-corrected chi connectivity index (χ4v) is 5.39. The highest BCUT2D eigenvalue weighted by molar-refractivity contribution is 5.93. The van der Waals surface area contributed by atoms with Crippen molar-refractivity contribution in [1.29, 1.82) is 5.26 Å². The number of terminal acetylenes is 1. The first-order chi connectivity index (χ1) is 16.0. The Labute approximate surface area is 194 Å². The van der Waals surface area contributed by atoms with Crippen LogP contribution in [-0.2, 0) is 22.6 Å². The van der Waals surface area contributed by atoms with Gasteiger partial charge in [-0.3, -0.25) is 9.59 Å². The van der Waals surface area contributed by atoms with Crippen molar-refractivity contribution >= 4 is 17.6 Å². The number of nitriles is 1. The van der Waals surface area contributed by atoms with Crippen molar-refractivity contribution < 1.29 is 14.7 Å². The molecule has 5 rings (SSSR count). The summed E-state index contributed by atoms with van der Waals surface area (Å²) in [6, 6.07) is 2.51. The molecule has 0 unspecified atom stereocenters. The van der Waals surface area contributed by atoms with Crippen LogP contribution in [0.25, 0.3) is 0 Å². The number of hydrogen-bond acceptors (Lipinski definition) is 6. The first-order valence-corrected chi connectivity index (χ1v) is 11.9. The Bertz CT molecular complexity index is 1060. The molecule has 0 spiro atoms. The molecule has 2 aliphatic carbocycles. The van der Waals surface area contributed by atoms with Gasteiger partial charge in [0.25, 0.3) is 5.91 Å². The summed E-state index contributed by atoms with van der Waals surface area (Å²) < 4.78 is 0. The zero-order valence-corrected chi connectivity index (χ0v) is 18.8. The van der Waals surface area contributed by atoms with Gasteiger partial charge in [0.05, 0.1) is 23.9 Å². The van der Waals surface area contributed by atoms with E-state index in [2.05, 4.69) is 16.9 Å². The lowest BCUT2D eigenvalue weighted by Crippen LogP contribution is -2.56. The molecule has 1 aromatic heterocycles. The minimum atomic E-state index is -0.319. The number of amides is 2. The molecule has 8 nitrogen and oxygen atoms in total. The SMILES string of the molecule is C#CC(=O)N1CCc2c(C#N)c(N3CCN(C(=O)CCO)[C@H](C4CC4)C3)nc(C3CC3)c2C1. The number of piperazine rings is 1. The van der Waals surface area contributed by atoms with Crippen molar-refractivity contribution in [2.45, 2.75) is 57.0 Å². The number of carbonyl (C=O) groups excluding carboxylic acids is 2. The van der Waals surface area contributed by atoms with Crippen LogP contribution in [0.2, 0.25) is 0 Å². The van der Waals surface area contributed by atoms with E-state index in [4.69, 9.17) is 11.4 Å². The van der Waals surface area contributed by atoms with Crippen molar-refractivity contribution in [2.75, 3.05) is 37.7 Å². The highest BCUT2D eigenvalue weighted by atomic mass is 16.3. The maximum Gasteiger partial charge on any atom is 0.298 e. The monoisotopic (exact) mass is 447 g/mol. The topological polar surface area (TPSA) is 101 Å². The van der Waals surface area contributed by atoms with E-state index in [0.717, 1.165) is 48.3 Å². The van der Waals surface area contributed by atoms with Crippen LogP contribution in [0.5, 0.6) is 0 Å². The molecule has 1 saturated heterocycles. The lowest BCUT2D eigenvalue weighted by Gasteiger charge is -2.43. The van der Waals surface area contributed by atoms with E-state index in [-0.39, 0.29) is 30.9 Å². The van der Waals surface area contributed by atoms with Crippen molar-refractivity contribution in [3.63, 3.8) is 0 Å². The van der Waals surface area contributed by atoms with Crippen LogP contribution in [0.3, 0.4) is 0 Å². The molecule has 1 atom stereocenters. The standard InChI is InChI=1S/C25H29N5O3/c1-2-22(32)28-9-7-18-19(13-26)25(27-24(17-5-6-17)20(18)14-28)29-10-11-30(23(33)8-12-31)21(15-29)16-3-4-16/h1,16-17,21,31H,3-12,14-15H2/t21-/m0/s1. The van der Waals surface area contributed by atoms with Crippen LogP contribution in [0.15, 0.2) is 0 Å². The van der Waals surface area contributed by atoms with Crippen molar-refractivity contribution in [3.05, 3.63) is 22.4 Å². The Morgan fingerprint density at radius 2 is 1.94 bits per heavy atom. The van der Waals surface area contributed by atoms with Gasteiger partial charge in [0.2, 0.25) is 5.91 Å². The lowest BCUT2D eigenvalue weighted by atomic mass is 9.92. The van der Waals surface area contributed by atoms with Gasteiger partial charge in [0.15, 0.2) is 0 Å². The molecule has 2 saturated carbocycles. The summed E-state index contributed by atoms with van der Waals surface area (Å²) in [6.07, 6.45) is 10.5. The van der Waals surface area contributed by atoms with E-state index in [0.29, 0.717) is 56.5 Å². The number of aliphatic hydroxyl groups excluding tert-OH is 1. The molecule has 1 N–H and O–H groups in total. The zero-order chi connectivity index (χ0) is 23.1. The highest BCUT2D eigenvalue weighted by Gasteiger charge is 2.42. The summed E-state index contributed by atoms with van der Waals surface area (Å²) in [4.78, 5) is 35.6. The highest BCUT2D eigenvalue weighted by Crippen LogP contribution is 2.45. The van der Waals surface area contributed by atoms with Gasteiger partial charge in [-0.05, 0) is 55.1 Å². The second-order valence-corrected chi connectivity index (χ2v) is 9.57. The smallest absolute Gasteiger partial charge is 0.298 e. The number of anilines is 1. The third kappa shape index (κ3) is 4.05. The fourth-order valence-electron chi connectivity index (χ4n) is 5.39. The van der Waals surface area contributed by atoms with Gasteiger partial charge in [-0.2, -0.15) is 5.26 Å². The van der Waals surface area contributed by atoms with Crippen LogP contribution in [0.4, 0.5) is 5.82 Å². The lowest BCUT2D eigenvalue weighted by molar-refractivity contribution is -0.135. The molecular formula is C25H29N5O3. The predicted octanol–water partition coefficient (Wildman–Crippen LogP) is 1.16. The average molecular weight is 448 g/mol. The summed E-state index contributed by atoms with van der Waals surface area (Å²) in [5.41, 5.74) is 3.62. The van der Waals surface area contributed by atoms with Gasteiger partial charge >= 0.3 is 0 Å². The second kappa shape index (κ2) is 8.68. The molecule has 33 heavy (non-hydrogen) atoms.